The van der Waals surface area contributed by atoms with Gasteiger partial charge in [0.15, 0.2) is 17.3 Å². The summed E-state index contributed by atoms with van der Waals surface area (Å²) in [5.41, 5.74) is 2.65. The first kappa shape index (κ1) is 19.2. The highest BCUT2D eigenvalue weighted by atomic mass is 16.5. The van der Waals surface area contributed by atoms with Gasteiger partial charge in [-0.2, -0.15) is 5.10 Å². The van der Waals surface area contributed by atoms with Crippen molar-refractivity contribution in [3.63, 3.8) is 0 Å². The molecule has 0 spiro atoms. The Kier molecular flexibility index (Phi) is 6.90. The second kappa shape index (κ2) is 9.36. The molecular formula is C18H25N7O. The van der Waals surface area contributed by atoms with Crippen molar-refractivity contribution in [3.05, 3.63) is 43.3 Å². The number of imidazole rings is 1. The topological polar surface area (TPSA) is 86.1 Å². The normalized spacial score (nSPS) is 9.88. The van der Waals surface area contributed by atoms with Gasteiger partial charge < -0.3 is 9.84 Å². The van der Waals surface area contributed by atoms with Crippen LogP contribution in [-0.2, 0) is 7.05 Å². The molecule has 0 saturated carbocycles. The molecule has 0 aliphatic heterocycles. The highest BCUT2D eigenvalue weighted by Crippen LogP contribution is 2.24. The lowest BCUT2D eigenvalue weighted by molar-refractivity contribution is 0.423. The van der Waals surface area contributed by atoms with Gasteiger partial charge in [0.25, 0.3) is 0 Å². The number of hydrogen-bond acceptors (Lipinski definition) is 6. The quantitative estimate of drug-likeness (QED) is 0.589. The number of nitrogens with one attached hydrogen (secondary N) is 1. The fourth-order valence-electron chi connectivity index (χ4n) is 2.17. The number of hydrogen-bond donors (Lipinski definition) is 1. The lowest BCUT2D eigenvalue weighted by atomic mass is 10.3. The minimum absolute atomic E-state index is 0.585. The SMILES string of the molecule is CC.CCC.Cn1cc(-c2cnc3c(Nc4ccon4)nccn23)cn1. The zero-order valence-corrected chi connectivity index (χ0v) is 15.8. The average molecular weight is 355 g/mol. The van der Waals surface area contributed by atoms with Crippen molar-refractivity contribution < 1.29 is 4.52 Å². The zero-order valence-electron chi connectivity index (χ0n) is 15.8. The first-order valence-electron chi connectivity index (χ1n) is 8.71. The number of nitrogens with zero attached hydrogens (tertiary/aromatic N) is 6. The maximum absolute atomic E-state index is 4.80. The number of aromatic nitrogens is 6. The summed E-state index contributed by atoms with van der Waals surface area (Å²) in [5.74, 6) is 1.20. The van der Waals surface area contributed by atoms with Gasteiger partial charge in [0.1, 0.15) is 6.26 Å². The Bertz CT molecular complexity index is 909. The molecule has 4 aromatic heterocycles. The third-order valence-corrected chi connectivity index (χ3v) is 3.11. The standard InChI is InChI=1S/C13H11N7O.C3H8.C2H6/c1-19-8-9(6-16-19)10-7-15-13-12(14-3-4-20(10)13)17-11-2-5-21-18-11;1-3-2;1-2/h2-8H,1H3,(H,14,17,18);3H2,1-2H3;1-2H3. The molecule has 8 nitrogen and oxygen atoms in total. The van der Waals surface area contributed by atoms with E-state index in [2.05, 4.69) is 39.4 Å². The Hall–Kier alpha value is -3.16. The van der Waals surface area contributed by atoms with Crippen LogP contribution in [0.15, 0.2) is 47.8 Å². The van der Waals surface area contributed by atoms with Gasteiger partial charge in [-0.1, -0.05) is 39.3 Å². The van der Waals surface area contributed by atoms with Crippen LogP contribution >= 0.6 is 0 Å². The molecule has 0 radical (unpaired) electrons. The Balaban J connectivity index is 0.000000444. The van der Waals surface area contributed by atoms with Crippen LogP contribution in [-0.4, -0.2) is 29.3 Å². The van der Waals surface area contributed by atoms with E-state index < -0.39 is 0 Å². The van der Waals surface area contributed by atoms with Gasteiger partial charge in [0.05, 0.1) is 18.1 Å². The van der Waals surface area contributed by atoms with Gasteiger partial charge in [-0.05, 0) is 0 Å². The predicted octanol–water partition coefficient (Wildman–Crippen LogP) is 4.30. The first-order chi connectivity index (χ1) is 12.7. The summed E-state index contributed by atoms with van der Waals surface area (Å²) in [6, 6.07) is 1.72. The Morgan fingerprint density at radius 3 is 2.54 bits per heavy atom. The second-order valence-corrected chi connectivity index (χ2v) is 5.23. The van der Waals surface area contributed by atoms with Crippen LogP contribution in [0.4, 0.5) is 11.6 Å². The molecule has 0 aliphatic rings. The van der Waals surface area contributed by atoms with Gasteiger partial charge in [0, 0.05) is 37.3 Å². The van der Waals surface area contributed by atoms with E-state index in [1.165, 1.54) is 12.7 Å². The Morgan fingerprint density at radius 1 is 1.15 bits per heavy atom. The van der Waals surface area contributed by atoms with Crippen LogP contribution in [0.5, 0.6) is 0 Å². The smallest absolute Gasteiger partial charge is 0.180 e. The average Bonchev–Trinajstić information content (AvgIpc) is 3.38. The molecule has 26 heavy (non-hydrogen) atoms. The van der Waals surface area contributed by atoms with E-state index in [9.17, 15) is 0 Å². The largest absolute Gasteiger partial charge is 0.363 e. The van der Waals surface area contributed by atoms with Crippen molar-refractivity contribution in [1.29, 1.82) is 0 Å². The lowest BCUT2D eigenvalue weighted by Gasteiger charge is -2.04. The van der Waals surface area contributed by atoms with Crippen molar-refractivity contribution in [2.75, 3.05) is 5.32 Å². The van der Waals surface area contributed by atoms with Crippen molar-refractivity contribution in [2.45, 2.75) is 34.1 Å². The number of rotatable bonds is 3. The first-order valence-corrected chi connectivity index (χ1v) is 8.71. The summed E-state index contributed by atoms with van der Waals surface area (Å²) in [6.07, 6.45) is 11.8. The van der Waals surface area contributed by atoms with Crippen LogP contribution in [0, 0.1) is 0 Å². The molecule has 0 unspecified atom stereocenters. The van der Waals surface area contributed by atoms with Gasteiger partial charge in [-0.3, -0.25) is 9.08 Å². The fraction of sp³-hybridized carbons (Fsp3) is 0.333. The molecule has 0 fully saturated rings. The van der Waals surface area contributed by atoms with Crippen LogP contribution in [0.3, 0.4) is 0 Å². The molecule has 8 heteroatoms. The van der Waals surface area contributed by atoms with E-state index in [4.69, 9.17) is 4.52 Å². The summed E-state index contributed by atoms with van der Waals surface area (Å²) in [5, 5.41) is 11.1. The van der Waals surface area contributed by atoms with Crippen molar-refractivity contribution >= 4 is 17.3 Å². The van der Waals surface area contributed by atoms with Crippen molar-refractivity contribution in [3.8, 4) is 11.3 Å². The van der Waals surface area contributed by atoms with Crippen LogP contribution in [0.1, 0.15) is 34.1 Å². The minimum Gasteiger partial charge on any atom is -0.363 e. The molecular weight excluding hydrogens is 330 g/mol. The lowest BCUT2D eigenvalue weighted by Crippen LogP contribution is -1.98. The third-order valence-electron chi connectivity index (χ3n) is 3.11. The van der Waals surface area contributed by atoms with Crippen molar-refractivity contribution in [2.24, 2.45) is 7.05 Å². The van der Waals surface area contributed by atoms with Gasteiger partial charge >= 0.3 is 0 Å². The summed E-state index contributed by atoms with van der Waals surface area (Å²) in [7, 11) is 1.88. The van der Waals surface area contributed by atoms with Crippen LogP contribution in [0.2, 0.25) is 0 Å². The van der Waals surface area contributed by atoms with E-state index in [-0.39, 0.29) is 0 Å². The fourth-order valence-corrected chi connectivity index (χ4v) is 2.17. The maximum Gasteiger partial charge on any atom is 0.180 e. The Morgan fingerprint density at radius 2 is 1.92 bits per heavy atom. The molecule has 0 aliphatic carbocycles. The van der Waals surface area contributed by atoms with E-state index in [0.29, 0.717) is 17.3 Å². The molecule has 0 bridgehead atoms. The predicted molar refractivity (Wildman–Crippen MR) is 102 cm³/mol. The van der Waals surface area contributed by atoms with Gasteiger partial charge in [-0.25, -0.2) is 9.97 Å². The highest BCUT2D eigenvalue weighted by Gasteiger charge is 2.12. The Labute approximate surface area is 152 Å². The molecule has 4 heterocycles. The molecule has 0 atom stereocenters. The summed E-state index contributed by atoms with van der Waals surface area (Å²) in [4.78, 5) is 8.72. The zero-order chi connectivity index (χ0) is 18.9. The van der Waals surface area contributed by atoms with Gasteiger partial charge in [0.2, 0.25) is 0 Å². The number of anilines is 2. The summed E-state index contributed by atoms with van der Waals surface area (Å²) < 4.78 is 8.50. The maximum atomic E-state index is 4.80. The number of aryl methyl sites for hydroxylation is 1. The highest BCUT2D eigenvalue weighted by molar-refractivity contribution is 5.72. The molecule has 0 amide bonds. The van der Waals surface area contributed by atoms with E-state index >= 15 is 0 Å². The third kappa shape index (κ3) is 4.27. The molecule has 4 rings (SSSR count). The van der Waals surface area contributed by atoms with Crippen LogP contribution in [0.25, 0.3) is 16.9 Å². The molecule has 138 valence electrons. The van der Waals surface area contributed by atoms with E-state index in [1.54, 1.807) is 29.3 Å². The summed E-state index contributed by atoms with van der Waals surface area (Å²) >= 11 is 0. The second-order valence-electron chi connectivity index (χ2n) is 5.23. The minimum atomic E-state index is 0.585. The summed E-state index contributed by atoms with van der Waals surface area (Å²) in [6.45, 7) is 8.25. The van der Waals surface area contributed by atoms with Gasteiger partial charge in [-0.15, -0.1) is 0 Å². The molecule has 0 saturated heterocycles. The molecule has 1 N–H and O–H groups in total. The molecule has 0 aromatic carbocycles. The van der Waals surface area contributed by atoms with Crippen molar-refractivity contribution in [1.82, 2.24) is 29.3 Å². The monoisotopic (exact) mass is 355 g/mol. The van der Waals surface area contributed by atoms with E-state index in [0.717, 1.165) is 11.3 Å². The van der Waals surface area contributed by atoms with Crippen LogP contribution < -0.4 is 5.32 Å². The molecule has 4 aromatic rings. The number of fused-ring (bicyclic) bond motifs is 1. The van der Waals surface area contributed by atoms with E-state index in [1.807, 2.05) is 37.7 Å².